The molecule has 0 aliphatic carbocycles. The summed E-state index contributed by atoms with van der Waals surface area (Å²) in [4.78, 5) is 1.82. The predicted octanol–water partition coefficient (Wildman–Crippen LogP) is 0.506. The summed E-state index contributed by atoms with van der Waals surface area (Å²) in [6.45, 7) is 2.72. The quantitative estimate of drug-likeness (QED) is 0.325. The van der Waals surface area contributed by atoms with Gasteiger partial charge in [-0.05, 0) is 25.1 Å². The second kappa shape index (κ2) is 6.06. The highest BCUT2D eigenvalue weighted by Crippen LogP contribution is 2.24. The Morgan fingerprint density at radius 2 is 2.30 bits per heavy atom. The van der Waals surface area contributed by atoms with Gasteiger partial charge in [0.25, 0.3) is 0 Å². The minimum atomic E-state index is -0.458. The van der Waals surface area contributed by atoms with Gasteiger partial charge in [-0.2, -0.15) is 0 Å². The van der Waals surface area contributed by atoms with Gasteiger partial charge in [0, 0.05) is 18.7 Å². The van der Waals surface area contributed by atoms with Crippen molar-refractivity contribution in [3.63, 3.8) is 0 Å². The number of ether oxygens (including phenoxy) is 1. The fraction of sp³-hybridized carbons (Fsp3) is 0.462. The zero-order valence-corrected chi connectivity index (χ0v) is 11.2. The zero-order valence-electron chi connectivity index (χ0n) is 11.2. The molecule has 1 aliphatic heterocycles. The molecule has 2 unspecified atom stereocenters. The van der Waals surface area contributed by atoms with Crippen LogP contribution in [0.4, 0.5) is 10.1 Å². The molecule has 20 heavy (non-hydrogen) atoms. The van der Waals surface area contributed by atoms with Crippen LogP contribution in [0.3, 0.4) is 0 Å². The number of rotatable bonds is 3. The number of aliphatic hydroxyl groups excluding tert-OH is 1. The molecule has 1 fully saturated rings. The third-order valence-electron chi connectivity index (χ3n) is 3.22. The van der Waals surface area contributed by atoms with E-state index in [1.165, 1.54) is 6.07 Å². The van der Waals surface area contributed by atoms with E-state index in [2.05, 4.69) is 5.16 Å². The van der Waals surface area contributed by atoms with E-state index in [9.17, 15) is 9.50 Å². The summed E-state index contributed by atoms with van der Waals surface area (Å²) < 4.78 is 19.7. The SMILES string of the molecule is CC1CN(c2ccc(/C(N)=N/O)cc2F)CC(CO)O1. The van der Waals surface area contributed by atoms with E-state index in [1.807, 2.05) is 11.8 Å². The Morgan fingerprint density at radius 3 is 2.90 bits per heavy atom. The number of hydrogen-bond acceptors (Lipinski definition) is 5. The number of halogens is 1. The van der Waals surface area contributed by atoms with Crippen LogP contribution in [0.15, 0.2) is 23.4 Å². The van der Waals surface area contributed by atoms with Crippen molar-refractivity contribution in [3.8, 4) is 0 Å². The largest absolute Gasteiger partial charge is 0.409 e. The molecule has 2 rings (SSSR count). The molecule has 1 heterocycles. The lowest BCUT2D eigenvalue weighted by Crippen LogP contribution is -2.48. The Balaban J connectivity index is 2.24. The summed E-state index contributed by atoms with van der Waals surface area (Å²) in [7, 11) is 0. The molecule has 1 saturated heterocycles. The van der Waals surface area contributed by atoms with Crippen LogP contribution >= 0.6 is 0 Å². The molecule has 110 valence electrons. The number of oxime groups is 1. The van der Waals surface area contributed by atoms with E-state index in [0.29, 0.717) is 24.3 Å². The molecule has 4 N–H and O–H groups in total. The third kappa shape index (κ3) is 3.00. The number of anilines is 1. The maximum atomic E-state index is 14.2. The van der Waals surface area contributed by atoms with E-state index < -0.39 is 5.82 Å². The lowest BCUT2D eigenvalue weighted by Gasteiger charge is -2.37. The molecule has 6 nitrogen and oxygen atoms in total. The highest BCUT2D eigenvalue weighted by Gasteiger charge is 2.26. The van der Waals surface area contributed by atoms with E-state index in [0.717, 1.165) is 0 Å². The molecule has 1 aromatic rings. The lowest BCUT2D eigenvalue weighted by molar-refractivity contribution is -0.0422. The first-order valence-electron chi connectivity index (χ1n) is 6.34. The van der Waals surface area contributed by atoms with Crippen LogP contribution in [-0.2, 0) is 4.74 Å². The van der Waals surface area contributed by atoms with Crippen molar-refractivity contribution >= 4 is 11.5 Å². The molecule has 7 heteroatoms. The first-order valence-corrected chi connectivity index (χ1v) is 6.34. The summed E-state index contributed by atoms with van der Waals surface area (Å²) >= 11 is 0. The Labute approximate surface area is 116 Å². The van der Waals surface area contributed by atoms with E-state index in [4.69, 9.17) is 15.7 Å². The average Bonchev–Trinajstić information content (AvgIpc) is 2.45. The summed E-state index contributed by atoms with van der Waals surface area (Å²) in [6.07, 6.45) is -0.425. The molecule has 2 atom stereocenters. The molecule has 0 saturated carbocycles. The highest BCUT2D eigenvalue weighted by atomic mass is 19.1. The van der Waals surface area contributed by atoms with Gasteiger partial charge in [0.2, 0.25) is 0 Å². The number of aliphatic hydroxyl groups is 1. The lowest BCUT2D eigenvalue weighted by atomic mass is 10.1. The summed E-state index contributed by atoms with van der Waals surface area (Å²) in [6, 6.07) is 4.38. The first-order chi connectivity index (χ1) is 9.55. The summed E-state index contributed by atoms with van der Waals surface area (Å²) in [5.74, 6) is -0.598. The maximum Gasteiger partial charge on any atom is 0.170 e. The standard InChI is InChI=1S/C13H18FN3O3/c1-8-5-17(6-10(7-18)20-8)12-3-2-9(4-11(12)14)13(15)16-19/h2-4,8,10,18-19H,5-7H2,1H3,(H2,15,16). The zero-order chi connectivity index (χ0) is 14.7. The normalized spacial score (nSPS) is 23.9. The van der Waals surface area contributed by atoms with Gasteiger partial charge < -0.3 is 25.7 Å². The van der Waals surface area contributed by atoms with Crippen LogP contribution in [0.1, 0.15) is 12.5 Å². The Kier molecular flexibility index (Phi) is 4.41. The van der Waals surface area contributed by atoms with Gasteiger partial charge in [0.1, 0.15) is 5.82 Å². The van der Waals surface area contributed by atoms with Crippen molar-refractivity contribution in [2.45, 2.75) is 19.1 Å². The van der Waals surface area contributed by atoms with E-state index >= 15 is 0 Å². The minimum absolute atomic E-state index is 0.0935. The average molecular weight is 283 g/mol. The van der Waals surface area contributed by atoms with Gasteiger partial charge in [-0.3, -0.25) is 0 Å². The highest BCUT2D eigenvalue weighted by molar-refractivity contribution is 5.97. The van der Waals surface area contributed by atoms with Gasteiger partial charge >= 0.3 is 0 Å². The third-order valence-corrected chi connectivity index (χ3v) is 3.22. The predicted molar refractivity (Wildman–Crippen MR) is 72.5 cm³/mol. The van der Waals surface area contributed by atoms with Gasteiger partial charge in [-0.25, -0.2) is 4.39 Å². The van der Waals surface area contributed by atoms with Crippen LogP contribution in [0.5, 0.6) is 0 Å². The first kappa shape index (κ1) is 14.5. The van der Waals surface area contributed by atoms with Crippen molar-refractivity contribution in [2.75, 3.05) is 24.6 Å². The minimum Gasteiger partial charge on any atom is -0.409 e. The van der Waals surface area contributed by atoms with Crippen LogP contribution in [0, 0.1) is 5.82 Å². The molecule has 0 bridgehead atoms. The number of nitrogens with two attached hydrogens (primary N) is 1. The molecular weight excluding hydrogens is 265 g/mol. The number of benzene rings is 1. The maximum absolute atomic E-state index is 14.2. The smallest absolute Gasteiger partial charge is 0.170 e. The summed E-state index contributed by atoms with van der Waals surface area (Å²) in [5, 5.41) is 20.6. The van der Waals surface area contributed by atoms with E-state index in [-0.39, 0.29) is 24.7 Å². The molecule has 0 radical (unpaired) electrons. The molecule has 0 aromatic heterocycles. The van der Waals surface area contributed by atoms with Crippen molar-refractivity contribution in [1.29, 1.82) is 0 Å². The Hall–Kier alpha value is -1.86. The topological polar surface area (TPSA) is 91.3 Å². The van der Waals surface area contributed by atoms with Crippen molar-refractivity contribution in [3.05, 3.63) is 29.6 Å². The number of nitrogens with zero attached hydrogens (tertiary/aromatic N) is 2. The second-order valence-electron chi connectivity index (χ2n) is 4.81. The van der Waals surface area contributed by atoms with Crippen LogP contribution in [0.25, 0.3) is 0 Å². The van der Waals surface area contributed by atoms with Gasteiger partial charge in [-0.15, -0.1) is 0 Å². The summed E-state index contributed by atoms with van der Waals surface area (Å²) in [5.41, 5.74) is 6.15. The van der Waals surface area contributed by atoms with Gasteiger partial charge in [0.15, 0.2) is 5.84 Å². The van der Waals surface area contributed by atoms with Crippen molar-refractivity contribution in [2.24, 2.45) is 10.9 Å². The molecule has 0 amide bonds. The number of amidine groups is 1. The van der Waals surface area contributed by atoms with Crippen molar-refractivity contribution < 1.29 is 19.4 Å². The van der Waals surface area contributed by atoms with Gasteiger partial charge in [-0.1, -0.05) is 5.16 Å². The Bertz CT molecular complexity index is 510. The second-order valence-corrected chi connectivity index (χ2v) is 4.81. The van der Waals surface area contributed by atoms with Gasteiger partial charge in [0.05, 0.1) is 24.5 Å². The number of hydrogen-bond donors (Lipinski definition) is 3. The van der Waals surface area contributed by atoms with Crippen LogP contribution in [-0.4, -0.2) is 48.1 Å². The van der Waals surface area contributed by atoms with Crippen molar-refractivity contribution in [1.82, 2.24) is 0 Å². The molecule has 1 aliphatic rings. The fourth-order valence-corrected chi connectivity index (χ4v) is 2.32. The fourth-order valence-electron chi connectivity index (χ4n) is 2.32. The molecular formula is C13H18FN3O3. The van der Waals surface area contributed by atoms with Crippen LogP contribution < -0.4 is 10.6 Å². The number of morpholine rings is 1. The van der Waals surface area contributed by atoms with Crippen LogP contribution in [0.2, 0.25) is 0 Å². The molecule has 1 aromatic carbocycles. The molecule has 0 spiro atoms. The monoisotopic (exact) mass is 283 g/mol. The Morgan fingerprint density at radius 1 is 1.55 bits per heavy atom. The van der Waals surface area contributed by atoms with E-state index in [1.54, 1.807) is 12.1 Å².